The van der Waals surface area contributed by atoms with Gasteiger partial charge in [0.1, 0.15) is 11.3 Å². The molecule has 0 bridgehead atoms. The Morgan fingerprint density at radius 1 is 1.30 bits per heavy atom. The van der Waals surface area contributed by atoms with E-state index < -0.39 is 11.5 Å². The number of methoxy groups -OCH3 is 1. The third kappa shape index (κ3) is 4.85. The van der Waals surface area contributed by atoms with Crippen molar-refractivity contribution in [1.29, 1.82) is 0 Å². The van der Waals surface area contributed by atoms with Crippen molar-refractivity contribution in [3.8, 4) is 5.75 Å². The van der Waals surface area contributed by atoms with Crippen LogP contribution in [0.25, 0.3) is 0 Å². The lowest BCUT2D eigenvalue weighted by molar-refractivity contribution is -0.149. The highest BCUT2D eigenvalue weighted by Gasteiger charge is 2.30. The number of hydrogen-bond donors (Lipinski definition) is 1. The summed E-state index contributed by atoms with van der Waals surface area (Å²) in [7, 11) is 1.28. The first kappa shape index (κ1) is 16.5. The number of amides is 1. The summed E-state index contributed by atoms with van der Waals surface area (Å²) in [6.45, 7) is 3.41. The zero-order valence-electron chi connectivity index (χ0n) is 11.7. The number of rotatable bonds is 6. The molecule has 20 heavy (non-hydrogen) atoms. The van der Waals surface area contributed by atoms with Crippen LogP contribution in [0.15, 0.2) is 28.7 Å². The van der Waals surface area contributed by atoms with Gasteiger partial charge in [-0.25, -0.2) is 4.79 Å². The van der Waals surface area contributed by atoms with Gasteiger partial charge in [0.15, 0.2) is 0 Å². The minimum absolute atomic E-state index is 0.155. The van der Waals surface area contributed by atoms with Crippen LogP contribution in [0.2, 0.25) is 0 Å². The molecule has 5 nitrogen and oxygen atoms in total. The van der Waals surface area contributed by atoms with Crippen molar-refractivity contribution in [2.24, 2.45) is 0 Å². The van der Waals surface area contributed by atoms with Gasteiger partial charge in [-0.05, 0) is 41.9 Å². The molecule has 0 aliphatic carbocycles. The molecule has 0 aromatic heterocycles. The van der Waals surface area contributed by atoms with Crippen LogP contribution < -0.4 is 10.1 Å². The molecule has 6 heteroatoms. The maximum atomic E-state index is 11.7. The van der Waals surface area contributed by atoms with E-state index in [4.69, 9.17) is 4.74 Å². The fourth-order valence-electron chi connectivity index (χ4n) is 1.53. The SMILES string of the molecule is COC(=O)C(C)(C)NC(=O)CCOc1ccccc1Br. The molecule has 0 atom stereocenters. The molecular weight excluding hydrogens is 326 g/mol. The molecule has 1 aromatic carbocycles. The zero-order valence-corrected chi connectivity index (χ0v) is 13.3. The van der Waals surface area contributed by atoms with Crippen molar-refractivity contribution >= 4 is 27.8 Å². The predicted molar refractivity (Wildman–Crippen MR) is 78.5 cm³/mol. The van der Waals surface area contributed by atoms with Gasteiger partial charge in [0, 0.05) is 0 Å². The largest absolute Gasteiger partial charge is 0.492 e. The number of nitrogens with one attached hydrogen (secondary N) is 1. The fourth-order valence-corrected chi connectivity index (χ4v) is 1.93. The van der Waals surface area contributed by atoms with Crippen LogP contribution >= 0.6 is 15.9 Å². The average Bonchev–Trinajstić information content (AvgIpc) is 2.39. The Morgan fingerprint density at radius 2 is 1.95 bits per heavy atom. The van der Waals surface area contributed by atoms with Crippen LogP contribution in [-0.2, 0) is 14.3 Å². The van der Waals surface area contributed by atoms with Gasteiger partial charge >= 0.3 is 5.97 Å². The summed E-state index contributed by atoms with van der Waals surface area (Å²) < 4.78 is 10.9. The topological polar surface area (TPSA) is 64.6 Å². The highest BCUT2D eigenvalue weighted by Crippen LogP contribution is 2.23. The van der Waals surface area contributed by atoms with Gasteiger partial charge < -0.3 is 14.8 Å². The lowest BCUT2D eigenvalue weighted by Gasteiger charge is -2.23. The Labute approximate surface area is 126 Å². The minimum Gasteiger partial charge on any atom is -0.492 e. The molecule has 0 aliphatic rings. The average molecular weight is 344 g/mol. The van der Waals surface area contributed by atoms with Gasteiger partial charge in [0.2, 0.25) is 5.91 Å². The standard InChI is InChI=1S/C14H18BrNO4/c1-14(2,13(18)19-3)16-12(17)8-9-20-11-7-5-4-6-10(11)15/h4-7H,8-9H2,1-3H3,(H,16,17). The normalized spacial score (nSPS) is 10.8. The van der Waals surface area contributed by atoms with Crippen molar-refractivity contribution in [1.82, 2.24) is 5.32 Å². The van der Waals surface area contributed by atoms with E-state index >= 15 is 0 Å². The smallest absolute Gasteiger partial charge is 0.330 e. The molecule has 0 heterocycles. The molecule has 1 N–H and O–H groups in total. The fraction of sp³-hybridized carbons (Fsp3) is 0.429. The second-order valence-corrected chi connectivity index (χ2v) is 5.55. The van der Waals surface area contributed by atoms with Crippen molar-refractivity contribution in [2.45, 2.75) is 25.8 Å². The summed E-state index contributed by atoms with van der Waals surface area (Å²) in [5.41, 5.74) is -1.04. The van der Waals surface area contributed by atoms with E-state index in [1.807, 2.05) is 18.2 Å². The second-order valence-electron chi connectivity index (χ2n) is 4.69. The Hall–Kier alpha value is -1.56. The molecule has 1 amide bonds. The number of hydrogen-bond acceptors (Lipinski definition) is 4. The van der Waals surface area contributed by atoms with E-state index in [0.29, 0.717) is 5.75 Å². The molecule has 1 rings (SSSR count). The number of benzene rings is 1. The monoisotopic (exact) mass is 343 g/mol. The van der Waals surface area contributed by atoms with Gasteiger partial charge in [-0.1, -0.05) is 12.1 Å². The molecule has 0 radical (unpaired) electrons. The van der Waals surface area contributed by atoms with Crippen LogP contribution in [0.3, 0.4) is 0 Å². The second kappa shape index (κ2) is 7.28. The molecular formula is C14H18BrNO4. The van der Waals surface area contributed by atoms with Crippen LogP contribution in [-0.4, -0.2) is 31.1 Å². The summed E-state index contributed by atoms with van der Waals surface area (Å²) >= 11 is 3.35. The summed E-state index contributed by atoms with van der Waals surface area (Å²) in [5.74, 6) is -0.0856. The van der Waals surface area contributed by atoms with E-state index in [-0.39, 0.29) is 18.9 Å². The number of esters is 1. The lowest BCUT2D eigenvalue weighted by atomic mass is 10.1. The Balaban J connectivity index is 2.41. The first-order valence-corrected chi connectivity index (χ1v) is 6.93. The van der Waals surface area contributed by atoms with Crippen molar-refractivity contribution < 1.29 is 19.1 Å². The summed E-state index contributed by atoms with van der Waals surface area (Å²) in [6, 6.07) is 7.39. The minimum atomic E-state index is -1.04. The molecule has 1 aromatic rings. The van der Waals surface area contributed by atoms with Gasteiger partial charge in [-0.3, -0.25) is 4.79 Å². The van der Waals surface area contributed by atoms with E-state index in [1.165, 1.54) is 7.11 Å². The highest BCUT2D eigenvalue weighted by atomic mass is 79.9. The third-order valence-electron chi connectivity index (χ3n) is 2.57. The van der Waals surface area contributed by atoms with E-state index in [2.05, 4.69) is 26.0 Å². The van der Waals surface area contributed by atoms with Crippen molar-refractivity contribution in [2.75, 3.05) is 13.7 Å². The molecule has 0 aliphatic heterocycles. The first-order chi connectivity index (χ1) is 9.36. The Kier molecular flexibility index (Phi) is 6.01. The molecule has 0 fully saturated rings. The van der Waals surface area contributed by atoms with Gasteiger partial charge in [-0.2, -0.15) is 0 Å². The lowest BCUT2D eigenvalue weighted by Crippen LogP contribution is -2.50. The molecule has 0 spiro atoms. The number of halogens is 1. The quantitative estimate of drug-likeness (QED) is 0.805. The number of carbonyl (C=O) groups is 2. The summed E-state index contributed by atoms with van der Waals surface area (Å²) in [5, 5.41) is 2.60. The zero-order chi connectivity index (χ0) is 15.2. The van der Waals surface area contributed by atoms with E-state index in [0.717, 1.165) is 4.47 Å². The van der Waals surface area contributed by atoms with E-state index in [1.54, 1.807) is 19.9 Å². The Bertz CT molecular complexity index is 488. The van der Waals surface area contributed by atoms with Crippen LogP contribution in [0.4, 0.5) is 0 Å². The van der Waals surface area contributed by atoms with Crippen LogP contribution in [0.1, 0.15) is 20.3 Å². The Morgan fingerprint density at radius 3 is 2.55 bits per heavy atom. The van der Waals surface area contributed by atoms with Crippen molar-refractivity contribution in [3.05, 3.63) is 28.7 Å². The van der Waals surface area contributed by atoms with Crippen LogP contribution in [0, 0.1) is 0 Å². The predicted octanol–water partition coefficient (Wildman–Crippen LogP) is 2.29. The molecule has 0 saturated carbocycles. The summed E-state index contributed by atoms with van der Waals surface area (Å²) in [4.78, 5) is 23.2. The number of carbonyl (C=O) groups excluding carboxylic acids is 2. The molecule has 0 saturated heterocycles. The first-order valence-electron chi connectivity index (χ1n) is 6.13. The van der Waals surface area contributed by atoms with Crippen LogP contribution in [0.5, 0.6) is 5.75 Å². The van der Waals surface area contributed by atoms with Crippen molar-refractivity contribution in [3.63, 3.8) is 0 Å². The van der Waals surface area contributed by atoms with Gasteiger partial charge in [0.25, 0.3) is 0 Å². The number of ether oxygens (including phenoxy) is 2. The molecule has 0 unspecified atom stereocenters. The third-order valence-corrected chi connectivity index (χ3v) is 3.23. The maximum absolute atomic E-state index is 11.7. The summed E-state index contributed by atoms with van der Waals surface area (Å²) in [6.07, 6.45) is 0.155. The van der Waals surface area contributed by atoms with E-state index in [9.17, 15) is 9.59 Å². The number of para-hydroxylation sites is 1. The highest BCUT2D eigenvalue weighted by molar-refractivity contribution is 9.10. The molecule has 110 valence electrons. The van der Waals surface area contributed by atoms with Gasteiger partial charge in [0.05, 0.1) is 24.6 Å². The maximum Gasteiger partial charge on any atom is 0.330 e. The van der Waals surface area contributed by atoms with Gasteiger partial charge in [-0.15, -0.1) is 0 Å².